The molecule has 0 aliphatic carbocycles. The maximum atomic E-state index is 12.3. The molecule has 2 aromatic carbocycles. The zero-order chi connectivity index (χ0) is 17.4. The summed E-state index contributed by atoms with van der Waals surface area (Å²) in [5.74, 6) is 0.129. The summed E-state index contributed by atoms with van der Waals surface area (Å²) in [5.41, 5.74) is 1.08. The summed E-state index contributed by atoms with van der Waals surface area (Å²) in [4.78, 5) is 23.8. The van der Waals surface area contributed by atoms with Crippen LogP contribution in [0.5, 0.6) is 5.75 Å². The van der Waals surface area contributed by atoms with Gasteiger partial charge < -0.3 is 15.2 Å². The lowest BCUT2D eigenvalue weighted by Crippen LogP contribution is -2.30. The summed E-state index contributed by atoms with van der Waals surface area (Å²) >= 11 is 5.81. The van der Waals surface area contributed by atoms with Crippen LogP contribution in [0.15, 0.2) is 48.5 Å². The van der Waals surface area contributed by atoms with E-state index < -0.39 is 0 Å². The Morgan fingerprint density at radius 1 is 1.00 bits per heavy atom. The van der Waals surface area contributed by atoms with Crippen LogP contribution in [0.3, 0.4) is 0 Å². The molecular formula is C18H18ClNO4. The van der Waals surface area contributed by atoms with Gasteiger partial charge in [-0.15, -0.1) is 0 Å². The van der Waals surface area contributed by atoms with E-state index in [1.165, 1.54) is 0 Å². The number of aliphatic hydroxyl groups is 1. The average molecular weight is 348 g/mol. The number of nitrogens with one attached hydrogen (secondary N) is 1. The first-order valence-corrected chi connectivity index (χ1v) is 7.88. The highest BCUT2D eigenvalue weighted by atomic mass is 35.5. The topological polar surface area (TPSA) is 75.6 Å². The minimum Gasteiger partial charge on any atom is -0.484 e. The van der Waals surface area contributed by atoms with E-state index in [0.29, 0.717) is 34.9 Å². The lowest BCUT2D eigenvalue weighted by molar-refractivity contribution is -0.123. The third-order valence-corrected chi connectivity index (χ3v) is 3.50. The maximum Gasteiger partial charge on any atom is 0.257 e. The molecule has 2 rings (SSSR count). The van der Waals surface area contributed by atoms with Crippen LogP contribution in [0.4, 0.5) is 0 Å². The van der Waals surface area contributed by atoms with Gasteiger partial charge >= 0.3 is 0 Å². The minimum atomic E-state index is -0.259. The van der Waals surface area contributed by atoms with E-state index in [9.17, 15) is 9.59 Å². The first-order valence-electron chi connectivity index (χ1n) is 7.51. The van der Waals surface area contributed by atoms with Gasteiger partial charge in [0, 0.05) is 29.3 Å². The monoisotopic (exact) mass is 347 g/mol. The van der Waals surface area contributed by atoms with Crippen molar-refractivity contribution in [3.05, 3.63) is 64.7 Å². The number of carbonyl (C=O) groups excluding carboxylic acids is 2. The highest BCUT2D eigenvalue weighted by molar-refractivity contribution is 6.30. The Morgan fingerprint density at radius 2 is 1.58 bits per heavy atom. The van der Waals surface area contributed by atoms with Crippen molar-refractivity contribution < 1.29 is 19.4 Å². The molecule has 126 valence electrons. The molecule has 1 amide bonds. The first kappa shape index (κ1) is 18.0. The van der Waals surface area contributed by atoms with Crippen molar-refractivity contribution in [3.63, 3.8) is 0 Å². The molecule has 6 heteroatoms. The molecular weight excluding hydrogens is 330 g/mol. The summed E-state index contributed by atoms with van der Waals surface area (Å²) in [6.45, 7) is 0.327. The standard InChI is InChI=1S/C18H18ClNO4/c19-15-6-2-13(3-7-15)18(23)14-4-8-16(9-5-14)24-12-17(22)20-10-1-11-21/h2-9,21H,1,10-12H2,(H,20,22). The van der Waals surface area contributed by atoms with Crippen molar-refractivity contribution in [1.82, 2.24) is 5.32 Å². The van der Waals surface area contributed by atoms with Crippen LogP contribution in [-0.2, 0) is 4.79 Å². The number of carbonyl (C=O) groups is 2. The SMILES string of the molecule is O=C(COc1ccc(C(=O)c2ccc(Cl)cc2)cc1)NCCCO. The minimum absolute atomic E-state index is 0.0320. The van der Waals surface area contributed by atoms with Gasteiger partial charge in [-0.05, 0) is 55.0 Å². The number of hydrogen-bond donors (Lipinski definition) is 2. The Morgan fingerprint density at radius 3 is 2.17 bits per heavy atom. The van der Waals surface area contributed by atoms with Crippen molar-refractivity contribution in [3.8, 4) is 5.75 Å². The molecule has 5 nitrogen and oxygen atoms in total. The Bertz CT molecular complexity index is 683. The van der Waals surface area contributed by atoms with Crippen LogP contribution in [0, 0.1) is 0 Å². The van der Waals surface area contributed by atoms with Gasteiger partial charge in [0.15, 0.2) is 12.4 Å². The highest BCUT2D eigenvalue weighted by Crippen LogP contribution is 2.17. The zero-order valence-corrected chi connectivity index (χ0v) is 13.8. The van der Waals surface area contributed by atoms with E-state index >= 15 is 0 Å². The smallest absolute Gasteiger partial charge is 0.257 e. The fourth-order valence-electron chi connectivity index (χ4n) is 1.98. The number of halogens is 1. The lowest BCUT2D eigenvalue weighted by atomic mass is 10.0. The molecule has 2 N–H and O–H groups in total. The second kappa shape index (κ2) is 9.05. The second-order valence-corrected chi connectivity index (χ2v) is 5.51. The van der Waals surface area contributed by atoms with Crippen LogP contribution in [0.1, 0.15) is 22.3 Å². The van der Waals surface area contributed by atoms with Gasteiger partial charge in [0.1, 0.15) is 5.75 Å². The number of rotatable bonds is 8. The zero-order valence-electron chi connectivity index (χ0n) is 13.0. The Labute approximate surface area is 145 Å². The summed E-state index contributed by atoms with van der Waals surface area (Å²) < 4.78 is 5.35. The van der Waals surface area contributed by atoms with E-state index in [0.717, 1.165) is 0 Å². The number of ketones is 1. The molecule has 0 aliphatic heterocycles. The predicted octanol–water partition coefficient (Wildman–Crippen LogP) is 2.45. The maximum absolute atomic E-state index is 12.3. The quantitative estimate of drug-likeness (QED) is 0.568. The van der Waals surface area contributed by atoms with Crippen molar-refractivity contribution in [2.75, 3.05) is 19.8 Å². The largest absolute Gasteiger partial charge is 0.484 e. The summed E-state index contributed by atoms with van der Waals surface area (Å²) in [5, 5.41) is 11.8. The van der Waals surface area contributed by atoms with Gasteiger partial charge in [-0.3, -0.25) is 9.59 Å². The molecule has 0 aromatic heterocycles. The fourth-order valence-corrected chi connectivity index (χ4v) is 2.10. The van der Waals surface area contributed by atoms with E-state index in [1.54, 1.807) is 48.5 Å². The van der Waals surface area contributed by atoms with Gasteiger partial charge in [-0.25, -0.2) is 0 Å². The fraction of sp³-hybridized carbons (Fsp3) is 0.222. The first-order chi connectivity index (χ1) is 11.6. The van der Waals surface area contributed by atoms with E-state index in [1.807, 2.05) is 0 Å². The van der Waals surface area contributed by atoms with Crippen LogP contribution < -0.4 is 10.1 Å². The van der Waals surface area contributed by atoms with Gasteiger partial charge in [0.25, 0.3) is 5.91 Å². The number of benzene rings is 2. The Kier molecular flexibility index (Phi) is 6.78. The van der Waals surface area contributed by atoms with Crippen LogP contribution in [0.25, 0.3) is 0 Å². The van der Waals surface area contributed by atoms with E-state index in [-0.39, 0.29) is 24.9 Å². The van der Waals surface area contributed by atoms with Crippen molar-refractivity contribution >= 4 is 23.3 Å². The van der Waals surface area contributed by atoms with Crippen molar-refractivity contribution in [1.29, 1.82) is 0 Å². The molecule has 2 aromatic rings. The van der Waals surface area contributed by atoms with Gasteiger partial charge in [-0.2, -0.15) is 0 Å². The van der Waals surface area contributed by atoms with Gasteiger partial charge in [0.05, 0.1) is 0 Å². The number of aliphatic hydroxyl groups excluding tert-OH is 1. The third kappa shape index (κ3) is 5.37. The van der Waals surface area contributed by atoms with Crippen LogP contribution in [0.2, 0.25) is 5.02 Å². The Balaban J connectivity index is 1.89. The normalized spacial score (nSPS) is 10.2. The number of hydrogen-bond acceptors (Lipinski definition) is 4. The molecule has 0 aliphatic rings. The van der Waals surface area contributed by atoms with Crippen molar-refractivity contribution in [2.45, 2.75) is 6.42 Å². The molecule has 0 saturated carbocycles. The summed E-state index contributed by atoms with van der Waals surface area (Å²) in [6.07, 6.45) is 0.507. The number of amides is 1. The Hall–Kier alpha value is -2.37. The molecule has 0 spiro atoms. The summed E-state index contributed by atoms with van der Waals surface area (Å²) in [6, 6.07) is 13.3. The molecule has 0 radical (unpaired) electrons. The van der Waals surface area contributed by atoms with Crippen molar-refractivity contribution in [2.24, 2.45) is 0 Å². The van der Waals surface area contributed by atoms with Crippen LogP contribution in [-0.4, -0.2) is 36.6 Å². The molecule has 0 bridgehead atoms. The van der Waals surface area contributed by atoms with E-state index in [2.05, 4.69) is 5.32 Å². The predicted molar refractivity (Wildman–Crippen MR) is 91.5 cm³/mol. The second-order valence-electron chi connectivity index (χ2n) is 5.08. The van der Waals surface area contributed by atoms with E-state index in [4.69, 9.17) is 21.4 Å². The lowest BCUT2D eigenvalue weighted by Gasteiger charge is -2.08. The molecule has 24 heavy (non-hydrogen) atoms. The molecule has 0 unspecified atom stereocenters. The van der Waals surface area contributed by atoms with Gasteiger partial charge in [-0.1, -0.05) is 11.6 Å². The molecule has 0 fully saturated rings. The van der Waals surface area contributed by atoms with Gasteiger partial charge in [0.2, 0.25) is 0 Å². The molecule has 0 heterocycles. The highest BCUT2D eigenvalue weighted by Gasteiger charge is 2.09. The molecule has 0 saturated heterocycles. The van der Waals surface area contributed by atoms with Crippen LogP contribution >= 0.6 is 11.6 Å². The molecule has 0 atom stereocenters. The average Bonchev–Trinajstić information content (AvgIpc) is 2.61. The third-order valence-electron chi connectivity index (χ3n) is 3.25. The number of ether oxygens (including phenoxy) is 1. The summed E-state index contributed by atoms with van der Waals surface area (Å²) in [7, 11) is 0.